The quantitative estimate of drug-likeness (QED) is 0.839. The number of carboxylic acid groups (broad SMARTS) is 1. The molecule has 1 saturated heterocycles. The fraction of sp³-hybridized carbons (Fsp3) is 0.615. The number of aryl methyl sites for hydroxylation is 1. The second kappa shape index (κ2) is 6.04. The zero-order valence-electron chi connectivity index (χ0n) is 11.6. The summed E-state index contributed by atoms with van der Waals surface area (Å²) >= 11 is 0. The van der Waals surface area contributed by atoms with Crippen molar-refractivity contribution in [2.75, 3.05) is 18.4 Å². The van der Waals surface area contributed by atoms with E-state index in [0.717, 1.165) is 0 Å². The Kier molecular flexibility index (Phi) is 4.39. The number of likely N-dealkylation sites (tertiary alicyclic amines) is 1. The van der Waals surface area contributed by atoms with Crippen LogP contribution >= 0.6 is 0 Å². The molecule has 1 aromatic rings. The van der Waals surface area contributed by atoms with E-state index < -0.39 is 5.97 Å². The van der Waals surface area contributed by atoms with Crippen LogP contribution in [0.5, 0.6) is 0 Å². The summed E-state index contributed by atoms with van der Waals surface area (Å²) in [5.74, 6) is -0.203. The largest absolute Gasteiger partial charge is 0.481 e. The van der Waals surface area contributed by atoms with Crippen molar-refractivity contribution in [3.63, 3.8) is 0 Å². The van der Waals surface area contributed by atoms with Gasteiger partial charge in [-0.25, -0.2) is 0 Å². The average Bonchev–Trinajstić information content (AvgIpc) is 2.93. The summed E-state index contributed by atoms with van der Waals surface area (Å²) in [5, 5.41) is 15.4. The molecule has 1 aliphatic heterocycles. The predicted molar refractivity (Wildman–Crippen MR) is 71.3 cm³/mol. The molecule has 0 aromatic carbocycles. The second-order valence-corrected chi connectivity index (χ2v) is 5.13. The van der Waals surface area contributed by atoms with Gasteiger partial charge in [-0.05, 0) is 26.8 Å². The number of aliphatic carboxylic acids is 1. The Morgan fingerprint density at radius 1 is 1.60 bits per heavy atom. The Labute approximate surface area is 116 Å². The summed E-state index contributed by atoms with van der Waals surface area (Å²) < 4.78 is 4.86. The van der Waals surface area contributed by atoms with Gasteiger partial charge in [-0.1, -0.05) is 5.16 Å². The van der Waals surface area contributed by atoms with Gasteiger partial charge in [-0.15, -0.1) is 0 Å². The highest BCUT2D eigenvalue weighted by Crippen LogP contribution is 2.24. The molecule has 1 aliphatic rings. The summed E-state index contributed by atoms with van der Waals surface area (Å²) in [6.07, 6.45) is 0.948. The van der Waals surface area contributed by atoms with Crippen molar-refractivity contribution in [3.05, 3.63) is 11.8 Å². The van der Waals surface area contributed by atoms with Gasteiger partial charge >= 0.3 is 5.97 Å². The number of anilines is 1. The Morgan fingerprint density at radius 3 is 2.90 bits per heavy atom. The fourth-order valence-corrected chi connectivity index (χ4v) is 2.53. The van der Waals surface area contributed by atoms with Gasteiger partial charge in [0.25, 0.3) is 0 Å². The topological polar surface area (TPSA) is 95.7 Å². The average molecular weight is 281 g/mol. The maximum atomic E-state index is 11.8. The summed E-state index contributed by atoms with van der Waals surface area (Å²) in [7, 11) is 0. The summed E-state index contributed by atoms with van der Waals surface area (Å²) in [6.45, 7) is 4.91. The van der Waals surface area contributed by atoms with Crippen LogP contribution in [-0.2, 0) is 9.59 Å². The molecule has 7 heteroatoms. The van der Waals surface area contributed by atoms with Crippen LogP contribution < -0.4 is 5.32 Å². The van der Waals surface area contributed by atoms with Crippen LogP contribution in [0.1, 0.15) is 25.5 Å². The van der Waals surface area contributed by atoms with Gasteiger partial charge in [0, 0.05) is 25.1 Å². The van der Waals surface area contributed by atoms with Gasteiger partial charge in [-0.2, -0.15) is 0 Å². The minimum Gasteiger partial charge on any atom is -0.481 e. The molecule has 0 saturated carbocycles. The van der Waals surface area contributed by atoms with Crippen molar-refractivity contribution < 1.29 is 19.2 Å². The number of rotatable bonds is 5. The molecule has 110 valence electrons. The summed E-state index contributed by atoms with van der Waals surface area (Å²) in [5.41, 5.74) is 0. The van der Waals surface area contributed by atoms with Gasteiger partial charge < -0.3 is 14.9 Å². The first-order chi connectivity index (χ1) is 9.47. The van der Waals surface area contributed by atoms with Gasteiger partial charge in [-0.3, -0.25) is 14.5 Å². The number of hydrogen-bond acceptors (Lipinski definition) is 5. The third-order valence-electron chi connectivity index (χ3n) is 3.72. The third kappa shape index (κ3) is 3.36. The minimum absolute atomic E-state index is 0.0328. The van der Waals surface area contributed by atoms with Crippen molar-refractivity contribution in [2.24, 2.45) is 5.92 Å². The molecule has 0 aliphatic carbocycles. The molecule has 1 fully saturated rings. The molecule has 0 radical (unpaired) electrons. The number of aromatic nitrogens is 1. The number of carboxylic acids is 1. The number of nitrogens with zero attached hydrogens (tertiary/aromatic N) is 2. The molecule has 1 aromatic heterocycles. The van der Waals surface area contributed by atoms with E-state index in [1.165, 1.54) is 0 Å². The number of hydrogen-bond donors (Lipinski definition) is 2. The van der Waals surface area contributed by atoms with E-state index in [1.54, 1.807) is 13.0 Å². The lowest BCUT2D eigenvalue weighted by Crippen LogP contribution is -2.35. The maximum Gasteiger partial charge on any atom is 0.308 e. The molecule has 2 unspecified atom stereocenters. The van der Waals surface area contributed by atoms with Gasteiger partial charge in [0.05, 0.1) is 5.92 Å². The fourth-order valence-electron chi connectivity index (χ4n) is 2.53. The van der Waals surface area contributed by atoms with E-state index in [2.05, 4.69) is 10.5 Å². The highest BCUT2D eigenvalue weighted by atomic mass is 16.5. The molecular formula is C13H19N3O4. The summed E-state index contributed by atoms with van der Waals surface area (Å²) in [6, 6.07) is 1.62. The monoisotopic (exact) mass is 281 g/mol. The molecule has 0 bridgehead atoms. The van der Waals surface area contributed by atoms with Gasteiger partial charge in [0.15, 0.2) is 5.82 Å². The number of nitrogens with one attached hydrogen (secondary N) is 1. The van der Waals surface area contributed by atoms with Gasteiger partial charge in [0.2, 0.25) is 5.91 Å². The van der Waals surface area contributed by atoms with E-state index in [9.17, 15) is 9.59 Å². The molecule has 2 heterocycles. The van der Waals surface area contributed by atoms with E-state index in [-0.39, 0.29) is 17.9 Å². The van der Waals surface area contributed by atoms with Gasteiger partial charge in [0.1, 0.15) is 5.76 Å². The van der Waals surface area contributed by atoms with Crippen molar-refractivity contribution in [2.45, 2.75) is 32.7 Å². The first-order valence-electron chi connectivity index (χ1n) is 6.67. The first kappa shape index (κ1) is 14.5. The number of carbonyl (C=O) groups excluding carboxylic acids is 1. The lowest BCUT2D eigenvalue weighted by atomic mass is 10.0. The van der Waals surface area contributed by atoms with Crippen molar-refractivity contribution in [1.29, 1.82) is 0 Å². The van der Waals surface area contributed by atoms with Crippen molar-refractivity contribution in [1.82, 2.24) is 10.1 Å². The minimum atomic E-state index is -0.762. The first-order valence-corrected chi connectivity index (χ1v) is 6.67. The Balaban J connectivity index is 1.78. The van der Waals surface area contributed by atoms with Crippen LogP contribution in [0.4, 0.5) is 5.82 Å². The lowest BCUT2D eigenvalue weighted by Gasteiger charge is -2.22. The normalized spacial score (nSPS) is 22.9. The van der Waals surface area contributed by atoms with E-state index >= 15 is 0 Å². The second-order valence-electron chi connectivity index (χ2n) is 5.13. The van der Waals surface area contributed by atoms with Crippen molar-refractivity contribution >= 4 is 17.7 Å². The van der Waals surface area contributed by atoms with Crippen LogP contribution in [0.15, 0.2) is 10.6 Å². The Morgan fingerprint density at radius 2 is 2.35 bits per heavy atom. The molecular weight excluding hydrogens is 262 g/mol. The molecule has 2 rings (SSSR count). The van der Waals surface area contributed by atoms with Crippen LogP contribution in [0.2, 0.25) is 0 Å². The number of carbonyl (C=O) groups is 2. The Hall–Kier alpha value is -1.89. The van der Waals surface area contributed by atoms with E-state index in [4.69, 9.17) is 9.63 Å². The molecule has 2 atom stereocenters. The number of amides is 1. The van der Waals surface area contributed by atoms with E-state index in [1.807, 2.05) is 11.8 Å². The highest BCUT2D eigenvalue weighted by molar-refractivity contribution is 5.89. The molecule has 1 amide bonds. The SMILES string of the molecule is Cc1cc(NC(=O)CCN2CCC(C(=O)O)C2C)no1. The van der Waals surface area contributed by atoms with Crippen molar-refractivity contribution in [3.8, 4) is 0 Å². The standard InChI is InChI=1S/C13H19N3O4/c1-8-7-11(15-20-8)14-12(17)4-6-16-5-3-10(9(16)2)13(18)19/h7,9-10H,3-6H2,1-2H3,(H,18,19)(H,14,15,17). The zero-order chi connectivity index (χ0) is 14.7. The molecule has 2 N–H and O–H groups in total. The van der Waals surface area contributed by atoms with Crippen LogP contribution in [0.25, 0.3) is 0 Å². The molecule has 0 spiro atoms. The van der Waals surface area contributed by atoms with E-state index in [0.29, 0.717) is 37.5 Å². The maximum absolute atomic E-state index is 11.8. The van der Waals surface area contributed by atoms with Crippen LogP contribution in [-0.4, -0.2) is 46.2 Å². The third-order valence-corrected chi connectivity index (χ3v) is 3.72. The molecule has 7 nitrogen and oxygen atoms in total. The predicted octanol–water partition coefficient (Wildman–Crippen LogP) is 1.11. The van der Waals surface area contributed by atoms with Crippen LogP contribution in [0.3, 0.4) is 0 Å². The zero-order valence-corrected chi connectivity index (χ0v) is 11.6. The Bertz CT molecular complexity index is 500. The van der Waals surface area contributed by atoms with Crippen LogP contribution in [0, 0.1) is 12.8 Å². The summed E-state index contributed by atoms with van der Waals surface area (Å²) in [4.78, 5) is 24.8. The highest BCUT2D eigenvalue weighted by Gasteiger charge is 2.35. The lowest BCUT2D eigenvalue weighted by molar-refractivity contribution is -0.142. The smallest absolute Gasteiger partial charge is 0.308 e. The molecule has 20 heavy (non-hydrogen) atoms.